The molecule has 0 atom stereocenters. The Morgan fingerprint density at radius 3 is 2.44 bits per heavy atom. The molecular weight excluding hydrogens is 316 g/mol. The first-order valence-corrected chi connectivity index (χ1v) is 8.50. The number of nitro benzene ring substituents is 1. The van der Waals surface area contributed by atoms with Crippen LogP contribution in [0.3, 0.4) is 0 Å². The number of amides is 1. The first kappa shape index (κ1) is 18.6. The summed E-state index contributed by atoms with van der Waals surface area (Å²) in [5.41, 5.74) is 3.39. The highest BCUT2D eigenvalue weighted by atomic mass is 16.6. The van der Waals surface area contributed by atoms with Gasteiger partial charge in [-0.05, 0) is 42.9 Å². The van der Waals surface area contributed by atoms with Gasteiger partial charge in [0.25, 0.3) is 11.6 Å². The SMILES string of the molecule is Cc1ccc(C(=O)NCCCc2ccc(C(C)C)cc2)cc1[N+](=O)[O-]. The molecule has 0 aliphatic heterocycles. The lowest BCUT2D eigenvalue weighted by atomic mass is 10.0. The average Bonchev–Trinajstić information content (AvgIpc) is 2.59. The van der Waals surface area contributed by atoms with Gasteiger partial charge < -0.3 is 5.32 Å². The van der Waals surface area contributed by atoms with E-state index in [4.69, 9.17) is 0 Å². The number of aryl methyl sites for hydroxylation is 2. The van der Waals surface area contributed by atoms with Crippen LogP contribution in [0.2, 0.25) is 0 Å². The Hall–Kier alpha value is -2.69. The van der Waals surface area contributed by atoms with E-state index in [0.717, 1.165) is 12.8 Å². The number of rotatable bonds is 7. The molecule has 5 nitrogen and oxygen atoms in total. The third-order valence-corrected chi connectivity index (χ3v) is 4.24. The fourth-order valence-electron chi connectivity index (χ4n) is 2.61. The summed E-state index contributed by atoms with van der Waals surface area (Å²) in [5.74, 6) is 0.241. The molecule has 1 amide bonds. The van der Waals surface area contributed by atoms with Gasteiger partial charge in [0.1, 0.15) is 0 Å². The molecule has 0 unspecified atom stereocenters. The number of hydrogen-bond donors (Lipinski definition) is 1. The molecule has 0 aliphatic carbocycles. The number of hydrogen-bond acceptors (Lipinski definition) is 3. The minimum absolute atomic E-state index is 0.0297. The van der Waals surface area contributed by atoms with Crippen molar-refractivity contribution in [3.63, 3.8) is 0 Å². The third-order valence-electron chi connectivity index (χ3n) is 4.24. The molecule has 0 aliphatic rings. The van der Waals surface area contributed by atoms with Gasteiger partial charge in [-0.15, -0.1) is 0 Å². The number of nitrogens with zero attached hydrogens (tertiary/aromatic N) is 1. The van der Waals surface area contributed by atoms with Crippen molar-refractivity contribution in [1.29, 1.82) is 0 Å². The topological polar surface area (TPSA) is 72.2 Å². The second-order valence-corrected chi connectivity index (χ2v) is 6.51. The van der Waals surface area contributed by atoms with Crippen molar-refractivity contribution in [1.82, 2.24) is 5.32 Å². The van der Waals surface area contributed by atoms with E-state index in [-0.39, 0.29) is 11.6 Å². The first-order chi connectivity index (χ1) is 11.9. The van der Waals surface area contributed by atoms with E-state index in [1.165, 1.54) is 17.2 Å². The highest BCUT2D eigenvalue weighted by molar-refractivity contribution is 5.94. The van der Waals surface area contributed by atoms with Crippen molar-refractivity contribution >= 4 is 11.6 Å². The summed E-state index contributed by atoms with van der Waals surface area (Å²) in [7, 11) is 0. The van der Waals surface area contributed by atoms with E-state index in [2.05, 4.69) is 43.4 Å². The molecule has 132 valence electrons. The van der Waals surface area contributed by atoms with Crippen LogP contribution in [0, 0.1) is 17.0 Å². The summed E-state index contributed by atoms with van der Waals surface area (Å²) in [6.07, 6.45) is 1.70. The summed E-state index contributed by atoms with van der Waals surface area (Å²) < 4.78 is 0. The Labute approximate surface area is 148 Å². The highest BCUT2D eigenvalue weighted by Gasteiger charge is 2.14. The van der Waals surface area contributed by atoms with Gasteiger partial charge in [0.05, 0.1) is 4.92 Å². The summed E-state index contributed by atoms with van der Waals surface area (Å²) in [4.78, 5) is 22.6. The number of carbonyl (C=O) groups excluding carboxylic acids is 1. The maximum absolute atomic E-state index is 12.1. The van der Waals surface area contributed by atoms with Crippen molar-refractivity contribution < 1.29 is 9.72 Å². The van der Waals surface area contributed by atoms with Crippen molar-refractivity contribution in [3.8, 4) is 0 Å². The molecule has 0 saturated carbocycles. The largest absolute Gasteiger partial charge is 0.352 e. The van der Waals surface area contributed by atoms with Crippen LogP contribution in [0.1, 0.15) is 53.2 Å². The lowest BCUT2D eigenvalue weighted by molar-refractivity contribution is -0.385. The molecule has 5 heteroatoms. The number of benzene rings is 2. The third kappa shape index (κ3) is 5.14. The standard InChI is InChI=1S/C20H24N2O3/c1-14(2)17-10-7-16(8-11-17)5-4-12-21-20(23)18-9-6-15(3)19(13-18)22(24)25/h6-11,13-14H,4-5,12H2,1-3H3,(H,21,23). The molecule has 0 saturated heterocycles. The smallest absolute Gasteiger partial charge is 0.273 e. The van der Waals surface area contributed by atoms with Crippen molar-refractivity contribution in [2.45, 2.75) is 39.5 Å². The molecule has 25 heavy (non-hydrogen) atoms. The van der Waals surface area contributed by atoms with Crippen molar-refractivity contribution in [3.05, 3.63) is 74.8 Å². The van der Waals surface area contributed by atoms with E-state index in [9.17, 15) is 14.9 Å². The van der Waals surface area contributed by atoms with Crippen molar-refractivity contribution in [2.24, 2.45) is 0 Å². The first-order valence-electron chi connectivity index (χ1n) is 8.50. The Morgan fingerprint density at radius 2 is 1.84 bits per heavy atom. The summed E-state index contributed by atoms with van der Waals surface area (Å²) in [5, 5.41) is 13.8. The summed E-state index contributed by atoms with van der Waals surface area (Å²) in [6.45, 7) is 6.52. The average molecular weight is 340 g/mol. The molecule has 1 N–H and O–H groups in total. The minimum atomic E-state index is -0.465. The van der Waals surface area contributed by atoms with Crippen molar-refractivity contribution in [2.75, 3.05) is 6.54 Å². The fraction of sp³-hybridized carbons (Fsp3) is 0.350. The zero-order valence-corrected chi connectivity index (χ0v) is 14.9. The van der Waals surface area contributed by atoms with E-state index < -0.39 is 4.92 Å². The van der Waals surface area contributed by atoms with Crippen LogP contribution in [0.5, 0.6) is 0 Å². The van der Waals surface area contributed by atoms with Gasteiger partial charge >= 0.3 is 0 Å². The van der Waals surface area contributed by atoms with Crippen LogP contribution < -0.4 is 5.32 Å². The maximum atomic E-state index is 12.1. The predicted molar refractivity (Wildman–Crippen MR) is 99.0 cm³/mol. The fourth-order valence-corrected chi connectivity index (χ4v) is 2.61. The van der Waals surface area contributed by atoms with Gasteiger partial charge in [-0.3, -0.25) is 14.9 Å². The Balaban J connectivity index is 1.84. The zero-order chi connectivity index (χ0) is 18.4. The quantitative estimate of drug-likeness (QED) is 0.461. The normalized spacial score (nSPS) is 10.7. The van der Waals surface area contributed by atoms with Crippen LogP contribution >= 0.6 is 0 Å². The van der Waals surface area contributed by atoms with Crippen LogP contribution in [-0.4, -0.2) is 17.4 Å². The van der Waals surface area contributed by atoms with Crippen LogP contribution in [0.15, 0.2) is 42.5 Å². The molecular formula is C20H24N2O3. The van der Waals surface area contributed by atoms with Gasteiger partial charge in [0.2, 0.25) is 0 Å². The Bertz CT molecular complexity index is 752. The van der Waals surface area contributed by atoms with E-state index >= 15 is 0 Å². The van der Waals surface area contributed by atoms with Crippen LogP contribution in [0.25, 0.3) is 0 Å². The van der Waals surface area contributed by atoms with E-state index in [0.29, 0.717) is 23.6 Å². The molecule has 2 aromatic carbocycles. The molecule has 2 aromatic rings. The van der Waals surface area contributed by atoms with Gasteiger partial charge in [0.15, 0.2) is 0 Å². The number of nitrogens with one attached hydrogen (secondary N) is 1. The van der Waals surface area contributed by atoms with E-state index in [1.807, 2.05) is 0 Å². The Kier molecular flexibility index (Phi) is 6.28. The highest BCUT2D eigenvalue weighted by Crippen LogP contribution is 2.19. The van der Waals surface area contributed by atoms with Gasteiger partial charge in [-0.25, -0.2) is 0 Å². The van der Waals surface area contributed by atoms with Crippen LogP contribution in [0.4, 0.5) is 5.69 Å². The number of carbonyl (C=O) groups is 1. The van der Waals surface area contributed by atoms with E-state index in [1.54, 1.807) is 19.1 Å². The minimum Gasteiger partial charge on any atom is -0.352 e. The lowest BCUT2D eigenvalue weighted by Crippen LogP contribution is -2.24. The molecule has 2 rings (SSSR count). The van der Waals surface area contributed by atoms with Gasteiger partial charge in [0, 0.05) is 23.7 Å². The molecule has 0 radical (unpaired) electrons. The summed E-state index contributed by atoms with van der Waals surface area (Å²) >= 11 is 0. The predicted octanol–water partition coefficient (Wildman–Crippen LogP) is 4.39. The molecule has 0 fully saturated rings. The van der Waals surface area contributed by atoms with Gasteiger partial charge in [-0.2, -0.15) is 0 Å². The van der Waals surface area contributed by atoms with Crippen LogP contribution in [-0.2, 0) is 6.42 Å². The Morgan fingerprint density at radius 1 is 1.16 bits per heavy atom. The zero-order valence-electron chi connectivity index (χ0n) is 14.9. The second kappa shape index (κ2) is 8.42. The maximum Gasteiger partial charge on any atom is 0.273 e. The molecule has 0 bridgehead atoms. The molecule has 0 heterocycles. The molecule has 0 spiro atoms. The monoisotopic (exact) mass is 340 g/mol. The van der Waals surface area contributed by atoms with Gasteiger partial charge in [-0.1, -0.05) is 44.2 Å². The molecule has 0 aromatic heterocycles. The number of nitro groups is 1. The second-order valence-electron chi connectivity index (χ2n) is 6.51. The lowest BCUT2D eigenvalue weighted by Gasteiger charge is -2.08. The summed E-state index contributed by atoms with van der Waals surface area (Å²) in [6, 6.07) is 13.1.